The predicted octanol–water partition coefficient (Wildman–Crippen LogP) is 6.50. The lowest BCUT2D eigenvalue weighted by molar-refractivity contribution is -0.385. The molecule has 212 valence electrons. The number of rotatable bonds is 10. The van der Waals surface area contributed by atoms with Gasteiger partial charge in [0.15, 0.2) is 0 Å². The molecule has 0 aliphatic carbocycles. The number of ether oxygens (including phenoxy) is 1. The Morgan fingerprint density at radius 1 is 1.02 bits per heavy atom. The number of amides is 1. The molecule has 0 N–H and O–H groups in total. The fraction of sp³-hybridized carbons (Fsp3) is 0.188. The number of nitro groups is 1. The van der Waals surface area contributed by atoms with Crippen molar-refractivity contribution in [2.24, 2.45) is 0 Å². The van der Waals surface area contributed by atoms with Gasteiger partial charge in [-0.15, -0.1) is 0 Å². The molecular formula is C32H28N4O5S. The normalized spacial score (nSPS) is 10.5. The van der Waals surface area contributed by atoms with Crippen LogP contribution < -0.4 is 4.90 Å². The van der Waals surface area contributed by atoms with E-state index in [-0.39, 0.29) is 23.7 Å². The Hall–Kier alpha value is -5.01. The van der Waals surface area contributed by atoms with Crippen molar-refractivity contribution in [2.75, 3.05) is 23.8 Å². The first-order valence-electron chi connectivity index (χ1n) is 13.1. The minimum atomic E-state index is -0.650. The zero-order valence-corrected chi connectivity index (χ0v) is 24.2. The SMILES string of the molecule is CCOC(=O)CN(C(=O)CSc1nc(-c2ccc(C)cc2)cc(-c2ccccc2)c1C#N)c1ccc(C)c([N+](=O)[O-])c1. The number of hydrogen-bond donors (Lipinski definition) is 0. The van der Waals surface area contributed by atoms with Gasteiger partial charge in [-0.05, 0) is 38.5 Å². The number of carbonyl (C=O) groups is 2. The van der Waals surface area contributed by atoms with E-state index >= 15 is 0 Å². The van der Waals surface area contributed by atoms with Crippen molar-refractivity contribution in [1.29, 1.82) is 5.26 Å². The number of benzene rings is 3. The molecule has 1 amide bonds. The largest absolute Gasteiger partial charge is 0.465 e. The highest BCUT2D eigenvalue weighted by atomic mass is 32.2. The highest BCUT2D eigenvalue weighted by Crippen LogP contribution is 2.35. The van der Waals surface area contributed by atoms with Crippen LogP contribution in [0.3, 0.4) is 0 Å². The number of hydrogen-bond acceptors (Lipinski definition) is 8. The van der Waals surface area contributed by atoms with Crippen LogP contribution in [-0.4, -0.2) is 40.7 Å². The molecule has 10 heteroatoms. The lowest BCUT2D eigenvalue weighted by Gasteiger charge is -2.22. The number of aromatic nitrogens is 1. The molecular weight excluding hydrogens is 552 g/mol. The predicted molar refractivity (Wildman–Crippen MR) is 162 cm³/mol. The Morgan fingerprint density at radius 3 is 2.38 bits per heavy atom. The molecule has 0 saturated heterocycles. The maximum absolute atomic E-state index is 13.6. The van der Waals surface area contributed by atoms with Crippen molar-refractivity contribution in [3.05, 3.63) is 106 Å². The smallest absolute Gasteiger partial charge is 0.326 e. The summed E-state index contributed by atoms with van der Waals surface area (Å²) in [5.74, 6) is -1.34. The average molecular weight is 581 g/mol. The fourth-order valence-electron chi connectivity index (χ4n) is 4.28. The highest BCUT2D eigenvalue weighted by Gasteiger charge is 2.24. The summed E-state index contributed by atoms with van der Waals surface area (Å²) in [4.78, 5) is 42.9. The van der Waals surface area contributed by atoms with Crippen molar-refractivity contribution in [3.8, 4) is 28.5 Å². The van der Waals surface area contributed by atoms with E-state index in [1.807, 2.05) is 67.6 Å². The topological polar surface area (TPSA) is 126 Å². The first-order chi connectivity index (χ1) is 20.2. The second kappa shape index (κ2) is 13.6. The van der Waals surface area contributed by atoms with Gasteiger partial charge < -0.3 is 9.64 Å². The maximum Gasteiger partial charge on any atom is 0.326 e. The molecule has 0 unspecified atom stereocenters. The number of carbonyl (C=O) groups excluding carboxylic acids is 2. The highest BCUT2D eigenvalue weighted by molar-refractivity contribution is 8.00. The van der Waals surface area contributed by atoms with E-state index in [0.717, 1.165) is 33.4 Å². The summed E-state index contributed by atoms with van der Waals surface area (Å²) < 4.78 is 5.05. The van der Waals surface area contributed by atoms with Crippen LogP contribution >= 0.6 is 11.8 Å². The van der Waals surface area contributed by atoms with Gasteiger partial charge in [0.25, 0.3) is 5.69 Å². The van der Waals surface area contributed by atoms with Crippen LogP contribution in [-0.2, 0) is 14.3 Å². The second-order valence-corrected chi connectivity index (χ2v) is 10.3. The molecule has 9 nitrogen and oxygen atoms in total. The van der Waals surface area contributed by atoms with Gasteiger partial charge in [-0.1, -0.05) is 78.0 Å². The molecule has 4 aromatic rings. The van der Waals surface area contributed by atoms with E-state index in [0.29, 0.717) is 27.4 Å². The van der Waals surface area contributed by atoms with Crippen LogP contribution in [0.5, 0.6) is 0 Å². The first kappa shape index (κ1) is 30.0. The van der Waals surface area contributed by atoms with Crippen molar-refractivity contribution < 1.29 is 19.2 Å². The summed E-state index contributed by atoms with van der Waals surface area (Å²) in [6.45, 7) is 4.92. The van der Waals surface area contributed by atoms with E-state index in [1.54, 1.807) is 19.9 Å². The van der Waals surface area contributed by atoms with Gasteiger partial charge in [0, 0.05) is 22.8 Å². The summed E-state index contributed by atoms with van der Waals surface area (Å²) in [5, 5.41) is 22.1. The Kier molecular flexibility index (Phi) is 9.68. The van der Waals surface area contributed by atoms with Crippen LogP contribution in [0.15, 0.2) is 83.9 Å². The Morgan fingerprint density at radius 2 is 1.74 bits per heavy atom. The van der Waals surface area contributed by atoms with Crippen molar-refractivity contribution in [2.45, 2.75) is 25.8 Å². The fourth-order valence-corrected chi connectivity index (χ4v) is 5.16. The van der Waals surface area contributed by atoms with Crippen molar-refractivity contribution >= 4 is 35.0 Å². The third-order valence-corrected chi connectivity index (χ3v) is 7.42. The average Bonchev–Trinajstić information content (AvgIpc) is 2.99. The summed E-state index contributed by atoms with van der Waals surface area (Å²) in [6, 6.07) is 25.8. The van der Waals surface area contributed by atoms with Gasteiger partial charge in [-0.25, -0.2) is 4.98 Å². The first-order valence-corrected chi connectivity index (χ1v) is 14.1. The van der Waals surface area contributed by atoms with E-state index < -0.39 is 23.3 Å². The summed E-state index contributed by atoms with van der Waals surface area (Å²) in [5.41, 5.74) is 4.85. The number of aryl methyl sites for hydroxylation is 2. The molecule has 0 saturated carbocycles. The van der Waals surface area contributed by atoms with Crippen molar-refractivity contribution in [3.63, 3.8) is 0 Å². The van der Waals surface area contributed by atoms with Crippen LogP contribution in [0.1, 0.15) is 23.6 Å². The summed E-state index contributed by atoms with van der Waals surface area (Å²) in [6.07, 6.45) is 0. The molecule has 0 atom stereocenters. The number of pyridine rings is 1. The summed E-state index contributed by atoms with van der Waals surface area (Å²) >= 11 is 1.07. The van der Waals surface area contributed by atoms with E-state index in [1.165, 1.54) is 12.1 Å². The third-order valence-electron chi connectivity index (χ3n) is 6.46. The molecule has 1 aromatic heterocycles. The van der Waals surface area contributed by atoms with Crippen LogP contribution in [0.2, 0.25) is 0 Å². The molecule has 0 aliphatic rings. The number of esters is 1. The van der Waals surface area contributed by atoms with E-state index in [2.05, 4.69) is 6.07 Å². The molecule has 42 heavy (non-hydrogen) atoms. The number of thioether (sulfide) groups is 1. The van der Waals surface area contributed by atoms with E-state index in [4.69, 9.17) is 9.72 Å². The Balaban J connectivity index is 1.73. The van der Waals surface area contributed by atoms with Gasteiger partial charge in [0.05, 0.1) is 34.2 Å². The monoisotopic (exact) mass is 580 g/mol. The van der Waals surface area contributed by atoms with Gasteiger partial charge in [0.2, 0.25) is 5.91 Å². The molecule has 0 aliphatic heterocycles. The zero-order valence-electron chi connectivity index (χ0n) is 23.4. The van der Waals surface area contributed by atoms with E-state index in [9.17, 15) is 25.0 Å². The molecule has 0 fully saturated rings. The lowest BCUT2D eigenvalue weighted by atomic mass is 9.99. The lowest BCUT2D eigenvalue weighted by Crippen LogP contribution is -2.37. The molecule has 3 aromatic carbocycles. The Labute approximate surface area is 247 Å². The van der Waals surface area contributed by atoms with Gasteiger partial charge in [-0.2, -0.15) is 5.26 Å². The zero-order chi connectivity index (χ0) is 30.2. The molecule has 0 radical (unpaired) electrons. The summed E-state index contributed by atoms with van der Waals surface area (Å²) in [7, 11) is 0. The molecule has 0 spiro atoms. The van der Waals surface area contributed by atoms with Crippen molar-refractivity contribution in [1.82, 2.24) is 4.98 Å². The third kappa shape index (κ3) is 7.00. The maximum atomic E-state index is 13.6. The standard InChI is InChI=1S/C32H28N4O5S/c1-4-41-31(38)19-35(25-15-12-22(3)29(16-25)36(39)40)30(37)20-42-32-27(18-33)26(23-8-6-5-7-9-23)17-28(34-32)24-13-10-21(2)11-14-24/h5-17H,4,19-20H2,1-3H3. The van der Waals surface area contributed by atoms with Crippen LogP contribution in [0.4, 0.5) is 11.4 Å². The number of nitriles is 1. The number of anilines is 1. The number of nitrogens with zero attached hydrogens (tertiary/aromatic N) is 4. The molecule has 1 heterocycles. The number of nitro benzene ring substituents is 1. The molecule has 0 bridgehead atoms. The second-order valence-electron chi connectivity index (χ2n) is 9.38. The molecule has 4 rings (SSSR count). The van der Waals surface area contributed by atoms with Crippen LogP contribution in [0, 0.1) is 35.3 Å². The minimum absolute atomic E-state index is 0.118. The van der Waals surface area contributed by atoms with Gasteiger partial charge >= 0.3 is 5.97 Å². The van der Waals surface area contributed by atoms with Crippen LogP contribution in [0.25, 0.3) is 22.4 Å². The quantitative estimate of drug-likeness (QED) is 0.0900. The van der Waals surface area contributed by atoms with Gasteiger partial charge in [0.1, 0.15) is 17.6 Å². The Bertz CT molecular complexity index is 1670. The van der Waals surface area contributed by atoms with Gasteiger partial charge in [-0.3, -0.25) is 19.7 Å². The minimum Gasteiger partial charge on any atom is -0.465 e.